The number of unbranched alkanes of at least 4 members (excludes halogenated alkanes) is 3. The smallest absolute Gasteiger partial charge is 0.103 e. The molecule has 1 aliphatic heterocycles. The zero-order chi connectivity index (χ0) is 18.5. The Morgan fingerprint density at radius 1 is 0.880 bits per heavy atom. The third kappa shape index (κ3) is 7.89. The lowest BCUT2D eigenvalue weighted by Gasteiger charge is -2.27. The normalized spacial score (nSPS) is 27.7. The molecule has 0 amide bonds. The third-order valence-corrected chi connectivity index (χ3v) is 4.64. The first-order chi connectivity index (χ1) is 12.2. The minimum atomic E-state index is -0.871. The summed E-state index contributed by atoms with van der Waals surface area (Å²) < 4.78 is 18.0. The number of aliphatic hydroxyl groups is 2. The molecule has 6 heteroatoms. The van der Waals surface area contributed by atoms with E-state index in [2.05, 4.69) is 26.1 Å². The zero-order valence-corrected chi connectivity index (χ0v) is 16.3. The van der Waals surface area contributed by atoms with Crippen molar-refractivity contribution >= 4 is 0 Å². The Labute approximate surface area is 153 Å². The zero-order valence-electron chi connectivity index (χ0n) is 16.3. The Balaban J connectivity index is 2.73. The van der Waals surface area contributed by atoms with Gasteiger partial charge in [-0.3, -0.25) is 0 Å². The van der Waals surface area contributed by atoms with Crippen molar-refractivity contribution in [3.8, 4) is 0 Å². The van der Waals surface area contributed by atoms with Crippen LogP contribution in [0.15, 0.2) is 0 Å². The molecule has 0 bridgehead atoms. The van der Waals surface area contributed by atoms with Gasteiger partial charge in [-0.25, -0.2) is 0 Å². The molecule has 0 radical (unpaired) electrons. The molecule has 1 fully saturated rings. The van der Waals surface area contributed by atoms with Crippen LogP contribution in [0.3, 0.4) is 0 Å². The molecule has 6 nitrogen and oxygen atoms in total. The molecule has 3 N–H and O–H groups in total. The van der Waals surface area contributed by atoms with Gasteiger partial charge in [-0.15, -0.1) is 0 Å². The van der Waals surface area contributed by atoms with Crippen LogP contribution in [0, 0.1) is 0 Å². The number of ether oxygens (including phenoxy) is 3. The first kappa shape index (κ1) is 22.8. The molecular formula is C19H39NO5. The molecule has 0 aromatic rings. The number of hydrogen-bond donors (Lipinski definition) is 3. The fourth-order valence-electron chi connectivity index (χ4n) is 3.05. The van der Waals surface area contributed by atoms with Crippen molar-refractivity contribution in [3.05, 3.63) is 0 Å². The molecule has 0 aliphatic carbocycles. The molecule has 0 aromatic heterocycles. The number of aliphatic hydroxyl groups excluding tert-OH is 2. The van der Waals surface area contributed by atoms with Crippen molar-refractivity contribution in [2.75, 3.05) is 33.0 Å². The molecule has 0 aromatic carbocycles. The molecule has 0 spiro atoms. The predicted octanol–water partition coefficient (Wildman–Crippen LogP) is 1.87. The number of nitrogens with one attached hydrogen (secondary N) is 1. The van der Waals surface area contributed by atoms with E-state index in [0.717, 1.165) is 45.1 Å². The summed E-state index contributed by atoms with van der Waals surface area (Å²) in [4.78, 5) is 0. The Morgan fingerprint density at radius 2 is 1.44 bits per heavy atom. The van der Waals surface area contributed by atoms with Crippen LogP contribution in [0.2, 0.25) is 0 Å². The highest BCUT2D eigenvalue weighted by Crippen LogP contribution is 2.24. The summed E-state index contributed by atoms with van der Waals surface area (Å²) in [6.45, 7) is 8.66. The fraction of sp³-hybridized carbons (Fsp3) is 1.00. The maximum atomic E-state index is 10.2. The van der Waals surface area contributed by atoms with Crippen LogP contribution in [-0.2, 0) is 14.2 Å². The van der Waals surface area contributed by atoms with Crippen molar-refractivity contribution in [1.82, 2.24) is 5.32 Å². The van der Waals surface area contributed by atoms with Crippen LogP contribution < -0.4 is 5.32 Å². The van der Waals surface area contributed by atoms with Crippen LogP contribution in [0.25, 0.3) is 0 Å². The second-order valence-electron chi connectivity index (χ2n) is 6.86. The van der Waals surface area contributed by atoms with Crippen molar-refractivity contribution in [2.45, 2.75) is 89.7 Å². The molecule has 150 valence electrons. The quantitative estimate of drug-likeness (QED) is 0.386. The van der Waals surface area contributed by atoms with E-state index in [4.69, 9.17) is 14.2 Å². The largest absolute Gasteiger partial charge is 0.394 e. The van der Waals surface area contributed by atoms with E-state index in [1.807, 2.05) is 0 Å². The van der Waals surface area contributed by atoms with E-state index in [0.29, 0.717) is 19.8 Å². The van der Waals surface area contributed by atoms with Gasteiger partial charge in [0.25, 0.3) is 0 Å². The summed E-state index contributed by atoms with van der Waals surface area (Å²) in [5, 5.41) is 23.0. The summed E-state index contributed by atoms with van der Waals surface area (Å²) in [7, 11) is 0. The standard InChI is InChI=1S/C19H39NO5/c1-4-7-10-23-14-15-18(24-11-8-5-2)19(25-12-9-6-3)17(20-15)16(22)13-21/h15-22H,4-14H2,1-3H3/t15?,16-,17?,18+,19+/m0/s1. The summed E-state index contributed by atoms with van der Waals surface area (Å²) in [6, 6.07) is -0.375. The highest BCUT2D eigenvalue weighted by Gasteiger charge is 2.47. The molecule has 1 saturated heterocycles. The lowest BCUT2D eigenvalue weighted by atomic mass is 10.0. The highest BCUT2D eigenvalue weighted by atomic mass is 16.5. The van der Waals surface area contributed by atoms with Gasteiger partial charge < -0.3 is 29.7 Å². The van der Waals surface area contributed by atoms with Crippen LogP contribution in [0.5, 0.6) is 0 Å². The van der Waals surface area contributed by atoms with E-state index in [1.165, 1.54) is 0 Å². The summed E-state index contributed by atoms with van der Waals surface area (Å²) >= 11 is 0. The lowest BCUT2D eigenvalue weighted by Crippen LogP contribution is -2.47. The average Bonchev–Trinajstić information content (AvgIpc) is 2.96. The van der Waals surface area contributed by atoms with E-state index in [-0.39, 0.29) is 30.9 Å². The van der Waals surface area contributed by atoms with Gasteiger partial charge in [-0.1, -0.05) is 40.0 Å². The van der Waals surface area contributed by atoms with E-state index < -0.39 is 6.10 Å². The van der Waals surface area contributed by atoms with Crippen molar-refractivity contribution in [1.29, 1.82) is 0 Å². The monoisotopic (exact) mass is 361 g/mol. The van der Waals surface area contributed by atoms with Crippen LogP contribution >= 0.6 is 0 Å². The van der Waals surface area contributed by atoms with Gasteiger partial charge in [0.15, 0.2) is 0 Å². The Morgan fingerprint density at radius 3 is 2.00 bits per heavy atom. The highest BCUT2D eigenvalue weighted by molar-refractivity contribution is 5.03. The molecule has 1 aliphatic rings. The second-order valence-corrected chi connectivity index (χ2v) is 6.86. The third-order valence-electron chi connectivity index (χ3n) is 4.64. The molecule has 1 rings (SSSR count). The van der Waals surface area contributed by atoms with E-state index in [9.17, 15) is 10.2 Å². The predicted molar refractivity (Wildman–Crippen MR) is 98.8 cm³/mol. The first-order valence-corrected chi connectivity index (χ1v) is 10.0. The van der Waals surface area contributed by atoms with Crippen molar-refractivity contribution in [2.24, 2.45) is 0 Å². The molecule has 25 heavy (non-hydrogen) atoms. The van der Waals surface area contributed by atoms with Crippen molar-refractivity contribution in [3.63, 3.8) is 0 Å². The van der Waals surface area contributed by atoms with Gasteiger partial charge in [0.2, 0.25) is 0 Å². The first-order valence-electron chi connectivity index (χ1n) is 10.0. The summed E-state index contributed by atoms with van der Waals surface area (Å²) in [6.07, 6.45) is 4.91. The van der Waals surface area contributed by atoms with Crippen molar-refractivity contribution < 1.29 is 24.4 Å². The lowest BCUT2D eigenvalue weighted by molar-refractivity contribution is -0.0876. The van der Waals surface area contributed by atoms with Gasteiger partial charge >= 0.3 is 0 Å². The van der Waals surface area contributed by atoms with Gasteiger partial charge in [-0.05, 0) is 19.3 Å². The number of hydrogen-bond acceptors (Lipinski definition) is 6. The molecule has 5 atom stereocenters. The molecule has 1 heterocycles. The maximum Gasteiger partial charge on any atom is 0.103 e. The Bertz CT molecular complexity index is 318. The summed E-state index contributed by atoms with van der Waals surface area (Å²) in [5.41, 5.74) is 0. The average molecular weight is 362 g/mol. The van der Waals surface area contributed by atoms with Crippen LogP contribution in [0.4, 0.5) is 0 Å². The summed E-state index contributed by atoms with van der Waals surface area (Å²) in [5.74, 6) is 0. The minimum Gasteiger partial charge on any atom is -0.394 e. The maximum absolute atomic E-state index is 10.2. The SMILES string of the molecule is CCCCOCC1NC([C@@H](O)CO)[C@@H](OCCCC)[C@@H]1OCCCC. The van der Waals surface area contributed by atoms with E-state index in [1.54, 1.807) is 0 Å². The van der Waals surface area contributed by atoms with Gasteiger partial charge in [-0.2, -0.15) is 0 Å². The number of rotatable bonds is 15. The molecule has 0 saturated carbocycles. The van der Waals surface area contributed by atoms with Gasteiger partial charge in [0.1, 0.15) is 12.2 Å². The van der Waals surface area contributed by atoms with Gasteiger partial charge in [0.05, 0.1) is 31.4 Å². The van der Waals surface area contributed by atoms with Crippen LogP contribution in [-0.4, -0.2) is 73.6 Å². The Kier molecular flexibility index (Phi) is 12.7. The molecule has 2 unspecified atom stereocenters. The minimum absolute atomic E-state index is 0.0356. The van der Waals surface area contributed by atoms with Crippen LogP contribution in [0.1, 0.15) is 59.3 Å². The second kappa shape index (κ2) is 13.9. The van der Waals surface area contributed by atoms with Gasteiger partial charge in [0, 0.05) is 19.8 Å². The van der Waals surface area contributed by atoms with E-state index >= 15 is 0 Å². The Hall–Kier alpha value is -0.240. The fourth-order valence-corrected chi connectivity index (χ4v) is 3.05. The molecular weight excluding hydrogens is 322 g/mol. The topological polar surface area (TPSA) is 80.2 Å².